The fraction of sp³-hybridized carbons (Fsp3) is 0.857. The predicted molar refractivity (Wildman–Crippen MR) is 74.3 cm³/mol. The molecule has 0 spiro atoms. The van der Waals surface area contributed by atoms with Crippen LogP contribution in [0.15, 0.2) is 0 Å². The highest BCUT2D eigenvalue weighted by Crippen LogP contribution is 2.36. The van der Waals surface area contributed by atoms with Crippen molar-refractivity contribution >= 4 is 27.7 Å². The highest BCUT2D eigenvalue weighted by Gasteiger charge is 2.43. The predicted octanol–water partition coefficient (Wildman–Crippen LogP) is 2.83. The number of nitrogens with zero attached hydrogens (tertiary/aromatic N) is 1. The Bertz CT molecular complexity index is 321. The van der Waals surface area contributed by atoms with Crippen molar-refractivity contribution < 1.29 is 9.59 Å². The molecule has 18 heavy (non-hydrogen) atoms. The second-order valence-corrected chi connectivity index (χ2v) is 6.65. The Morgan fingerprint density at radius 2 is 1.78 bits per heavy atom. The average molecular weight is 316 g/mol. The number of piperidine rings is 1. The van der Waals surface area contributed by atoms with E-state index in [-0.39, 0.29) is 23.7 Å². The molecule has 1 aliphatic heterocycles. The van der Waals surface area contributed by atoms with Crippen molar-refractivity contribution in [2.24, 2.45) is 23.7 Å². The second-order valence-electron chi connectivity index (χ2n) is 6.01. The van der Waals surface area contributed by atoms with Crippen LogP contribution < -0.4 is 0 Å². The standard InChI is InChI=1S/C14H22BrNO2/c1-9(2)12(7-15)8-16-13(17)10-4-3-5-11(6-10)14(16)18/h9-12H,3-8H2,1-2H3. The fourth-order valence-corrected chi connectivity index (χ4v) is 3.99. The largest absolute Gasteiger partial charge is 0.282 e. The molecule has 1 heterocycles. The highest BCUT2D eigenvalue weighted by molar-refractivity contribution is 9.09. The van der Waals surface area contributed by atoms with Crippen LogP contribution in [0.25, 0.3) is 0 Å². The molecule has 0 aromatic heterocycles. The first-order valence-corrected chi connectivity index (χ1v) is 8.08. The summed E-state index contributed by atoms with van der Waals surface area (Å²) in [6.07, 6.45) is 3.78. The van der Waals surface area contributed by atoms with Crippen molar-refractivity contribution in [1.82, 2.24) is 4.90 Å². The van der Waals surface area contributed by atoms with Gasteiger partial charge >= 0.3 is 0 Å². The average Bonchev–Trinajstić information content (AvgIpc) is 2.37. The van der Waals surface area contributed by atoms with Crippen LogP contribution in [-0.4, -0.2) is 28.6 Å². The number of likely N-dealkylation sites (tertiary alicyclic amines) is 1. The number of hydrogen-bond donors (Lipinski definition) is 0. The number of carbonyl (C=O) groups excluding carboxylic acids is 2. The fourth-order valence-electron chi connectivity index (χ4n) is 3.04. The van der Waals surface area contributed by atoms with Gasteiger partial charge < -0.3 is 0 Å². The minimum atomic E-state index is 0.0857. The molecule has 0 aromatic rings. The zero-order valence-electron chi connectivity index (χ0n) is 11.2. The number of rotatable bonds is 4. The van der Waals surface area contributed by atoms with Crippen LogP contribution in [-0.2, 0) is 9.59 Å². The Hall–Kier alpha value is -0.380. The van der Waals surface area contributed by atoms with Crippen molar-refractivity contribution in [2.45, 2.75) is 39.5 Å². The summed E-state index contributed by atoms with van der Waals surface area (Å²) in [5.74, 6) is 1.24. The van der Waals surface area contributed by atoms with E-state index in [0.717, 1.165) is 31.0 Å². The van der Waals surface area contributed by atoms with Crippen LogP contribution in [0.5, 0.6) is 0 Å². The number of halogens is 1. The van der Waals surface area contributed by atoms with Crippen molar-refractivity contribution in [3.63, 3.8) is 0 Å². The molecule has 2 bridgehead atoms. The van der Waals surface area contributed by atoms with E-state index in [0.29, 0.717) is 18.4 Å². The Labute approximate surface area is 117 Å². The molecule has 0 radical (unpaired) electrons. The van der Waals surface area contributed by atoms with Crippen molar-refractivity contribution in [3.05, 3.63) is 0 Å². The molecule has 2 aliphatic rings. The van der Waals surface area contributed by atoms with E-state index in [1.807, 2.05) is 0 Å². The molecule has 3 unspecified atom stereocenters. The van der Waals surface area contributed by atoms with E-state index in [9.17, 15) is 9.59 Å². The molecular formula is C14H22BrNO2. The third-order valence-corrected chi connectivity index (χ3v) is 5.29. The lowest BCUT2D eigenvalue weighted by Crippen LogP contribution is -2.53. The van der Waals surface area contributed by atoms with Gasteiger partial charge in [-0.25, -0.2) is 0 Å². The van der Waals surface area contributed by atoms with Crippen LogP contribution in [0.2, 0.25) is 0 Å². The zero-order valence-corrected chi connectivity index (χ0v) is 12.8. The van der Waals surface area contributed by atoms with Gasteiger partial charge in [0.1, 0.15) is 0 Å². The molecule has 102 valence electrons. The van der Waals surface area contributed by atoms with Crippen LogP contribution in [0.4, 0.5) is 0 Å². The quantitative estimate of drug-likeness (QED) is 0.591. The van der Waals surface area contributed by atoms with Gasteiger partial charge in [0.15, 0.2) is 0 Å². The summed E-state index contributed by atoms with van der Waals surface area (Å²) in [4.78, 5) is 26.2. The van der Waals surface area contributed by atoms with Crippen LogP contribution in [0, 0.1) is 23.7 Å². The number of fused-ring (bicyclic) bond motifs is 2. The monoisotopic (exact) mass is 315 g/mol. The third-order valence-electron chi connectivity index (χ3n) is 4.46. The summed E-state index contributed by atoms with van der Waals surface area (Å²) in [5, 5.41) is 0.844. The van der Waals surface area contributed by atoms with Gasteiger partial charge in [0.05, 0.1) is 0 Å². The summed E-state index contributed by atoms with van der Waals surface area (Å²) < 4.78 is 0. The van der Waals surface area contributed by atoms with Gasteiger partial charge in [-0.05, 0) is 31.1 Å². The number of carbonyl (C=O) groups is 2. The van der Waals surface area contributed by atoms with Gasteiger partial charge in [-0.2, -0.15) is 0 Å². The Kier molecular flexibility index (Phi) is 4.46. The Morgan fingerprint density at radius 1 is 1.22 bits per heavy atom. The number of amides is 2. The first kappa shape index (κ1) is 14.0. The molecular weight excluding hydrogens is 294 g/mol. The molecule has 3 atom stereocenters. The lowest BCUT2D eigenvalue weighted by atomic mass is 9.76. The minimum absolute atomic E-state index is 0.0857. The second kappa shape index (κ2) is 5.72. The Morgan fingerprint density at radius 3 is 2.22 bits per heavy atom. The summed E-state index contributed by atoms with van der Waals surface area (Å²) in [6, 6.07) is 0. The first-order valence-electron chi connectivity index (χ1n) is 6.95. The summed E-state index contributed by atoms with van der Waals surface area (Å²) in [5.41, 5.74) is 0. The van der Waals surface area contributed by atoms with Gasteiger partial charge in [0.2, 0.25) is 11.8 Å². The molecule has 0 N–H and O–H groups in total. The number of imide groups is 1. The smallest absolute Gasteiger partial charge is 0.232 e. The van der Waals surface area contributed by atoms with Crippen molar-refractivity contribution in [3.8, 4) is 0 Å². The SMILES string of the molecule is CC(C)C(CBr)CN1C(=O)C2CCCC(C2)C1=O. The number of alkyl halides is 1. The van der Waals surface area contributed by atoms with Gasteiger partial charge in [0.25, 0.3) is 0 Å². The lowest BCUT2D eigenvalue weighted by Gasteiger charge is -2.40. The van der Waals surface area contributed by atoms with Gasteiger partial charge in [-0.3, -0.25) is 14.5 Å². The van der Waals surface area contributed by atoms with E-state index in [2.05, 4.69) is 29.8 Å². The lowest BCUT2D eigenvalue weighted by molar-refractivity contribution is -0.158. The van der Waals surface area contributed by atoms with E-state index in [1.165, 1.54) is 0 Å². The van der Waals surface area contributed by atoms with Gasteiger partial charge in [-0.15, -0.1) is 0 Å². The normalized spacial score (nSPS) is 29.9. The van der Waals surface area contributed by atoms with E-state index >= 15 is 0 Å². The van der Waals surface area contributed by atoms with Gasteiger partial charge in [0, 0.05) is 23.7 Å². The topological polar surface area (TPSA) is 37.4 Å². The van der Waals surface area contributed by atoms with E-state index in [1.54, 1.807) is 4.90 Å². The van der Waals surface area contributed by atoms with Crippen LogP contribution in [0.3, 0.4) is 0 Å². The third kappa shape index (κ3) is 2.63. The minimum Gasteiger partial charge on any atom is -0.282 e. The molecule has 2 rings (SSSR count). The first-order chi connectivity index (χ1) is 8.54. The maximum absolute atomic E-state index is 12.3. The number of hydrogen-bond acceptors (Lipinski definition) is 2. The molecule has 4 heteroatoms. The maximum Gasteiger partial charge on any atom is 0.232 e. The zero-order chi connectivity index (χ0) is 13.3. The molecule has 3 nitrogen and oxygen atoms in total. The van der Waals surface area contributed by atoms with Crippen LogP contribution >= 0.6 is 15.9 Å². The maximum atomic E-state index is 12.3. The summed E-state index contributed by atoms with van der Waals surface area (Å²) in [7, 11) is 0. The molecule has 2 amide bonds. The molecule has 1 saturated carbocycles. The van der Waals surface area contributed by atoms with Gasteiger partial charge in [-0.1, -0.05) is 36.2 Å². The molecule has 2 fully saturated rings. The van der Waals surface area contributed by atoms with E-state index < -0.39 is 0 Å². The highest BCUT2D eigenvalue weighted by atomic mass is 79.9. The molecule has 0 aromatic carbocycles. The van der Waals surface area contributed by atoms with Crippen molar-refractivity contribution in [1.29, 1.82) is 0 Å². The van der Waals surface area contributed by atoms with Crippen molar-refractivity contribution in [2.75, 3.05) is 11.9 Å². The summed E-state index contributed by atoms with van der Waals surface area (Å²) >= 11 is 3.50. The molecule has 1 saturated heterocycles. The van der Waals surface area contributed by atoms with Crippen LogP contribution in [0.1, 0.15) is 39.5 Å². The van der Waals surface area contributed by atoms with E-state index in [4.69, 9.17) is 0 Å². The Balaban J connectivity index is 2.10. The molecule has 1 aliphatic carbocycles. The summed E-state index contributed by atoms with van der Waals surface area (Å²) in [6.45, 7) is 4.88.